The average Bonchev–Trinajstić information content (AvgIpc) is 2.40. The van der Waals surface area contributed by atoms with E-state index in [0.29, 0.717) is 12.0 Å². The normalized spacial score (nSPS) is 18.5. The van der Waals surface area contributed by atoms with Crippen LogP contribution in [-0.2, 0) is 0 Å². The van der Waals surface area contributed by atoms with Crippen LogP contribution in [0.15, 0.2) is 53.4 Å². The van der Waals surface area contributed by atoms with Crippen LogP contribution in [-0.4, -0.2) is 5.78 Å². The van der Waals surface area contributed by atoms with Gasteiger partial charge in [0.05, 0.1) is 0 Å². The summed E-state index contributed by atoms with van der Waals surface area (Å²) in [4.78, 5) is 12.9. The topological polar surface area (TPSA) is 17.1 Å². The monoisotopic (exact) mass is 258 g/mol. The Morgan fingerprint density at radius 3 is 2.67 bits per heavy atom. The Bertz CT molecular complexity index is 595. The largest absolute Gasteiger partial charge is 0.294 e. The second kappa shape index (κ2) is 4.58. The summed E-state index contributed by atoms with van der Waals surface area (Å²) in [6.45, 7) is 0. The van der Waals surface area contributed by atoms with Crippen LogP contribution < -0.4 is 0 Å². The van der Waals surface area contributed by atoms with Gasteiger partial charge in [-0.15, -0.1) is 11.8 Å². The zero-order chi connectivity index (χ0) is 12.5. The quantitative estimate of drug-likeness (QED) is 0.760. The minimum absolute atomic E-state index is 0.0251. The van der Waals surface area contributed by atoms with Gasteiger partial charge >= 0.3 is 0 Å². The Labute approximate surface area is 109 Å². The maximum atomic E-state index is 13.1. The van der Waals surface area contributed by atoms with Crippen molar-refractivity contribution in [2.45, 2.75) is 16.6 Å². The second-order valence-corrected chi connectivity index (χ2v) is 5.53. The molecule has 0 amide bonds. The Hall–Kier alpha value is -1.61. The molecule has 0 saturated carbocycles. The fourth-order valence-corrected chi connectivity index (χ4v) is 3.43. The standard InChI is InChI=1S/C15H11FOS/c16-11-6-7-14-12(8-11)13(17)9-15(18-14)10-4-2-1-3-5-10/h1-8,15H,9H2. The minimum atomic E-state index is -0.346. The molecule has 1 unspecified atom stereocenters. The van der Waals surface area contributed by atoms with Crippen molar-refractivity contribution in [3.63, 3.8) is 0 Å². The van der Waals surface area contributed by atoms with Crippen LogP contribution in [0.3, 0.4) is 0 Å². The lowest BCUT2D eigenvalue weighted by molar-refractivity contribution is 0.0976. The van der Waals surface area contributed by atoms with Gasteiger partial charge in [0.15, 0.2) is 5.78 Å². The molecule has 0 radical (unpaired) electrons. The number of halogens is 1. The average molecular weight is 258 g/mol. The number of benzene rings is 2. The van der Waals surface area contributed by atoms with Crippen molar-refractivity contribution in [3.8, 4) is 0 Å². The molecule has 1 atom stereocenters. The summed E-state index contributed by atoms with van der Waals surface area (Å²) >= 11 is 1.64. The first-order valence-electron chi connectivity index (χ1n) is 5.78. The van der Waals surface area contributed by atoms with E-state index in [1.807, 2.05) is 30.3 Å². The molecule has 2 aromatic rings. The third-order valence-electron chi connectivity index (χ3n) is 3.05. The summed E-state index contributed by atoms with van der Waals surface area (Å²) < 4.78 is 13.1. The number of carbonyl (C=O) groups excluding carboxylic acids is 1. The Morgan fingerprint density at radius 1 is 1.11 bits per heavy atom. The van der Waals surface area contributed by atoms with E-state index in [1.165, 1.54) is 12.1 Å². The highest BCUT2D eigenvalue weighted by Gasteiger charge is 2.26. The minimum Gasteiger partial charge on any atom is -0.294 e. The van der Waals surface area contributed by atoms with Crippen molar-refractivity contribution < 1.29 is 9.18 Å². The molecule has 0 aliphatic carbocycles. The molecule has 0 bridgehead atoms. The number of hydrogen-bond acceptors (Lipinski definition) is 2. The van der Waals surface area contributed by atoms with Crippen LogP contribution in [0.25, 0.3) is 0 Å². The van der Waals surface area contributed by atoms with Gasteiger partial charge in [-0.2, -0.15) is 0 Å². The first-order chi connectivity index (χ1) is 8.74. The first kappa shape index (κ1) is 11.5. The molecule has 0 spiro atoms. The van der Waals surface area contributed by atoms with E-state index < -0.39 is 0 Å². The van der Waals surface area contributed by atoms with Crippen molar-refractivity contribution in [1.29, 1.82) is 0 Å². The lowest BCUT2D eigenvalue weighted by atomic mass is 10.0. The van der Waals surface area contributed by atoms with Gasteiger partial charge in [0.2, 0.25) is 0 Å². The highest BCUT2D eigenvalue weighted by Crippen LogP contribution is 2.44. The SMILES string of the molecule is O=C1CC(c2ccccc2)Sc2ccc(F)cc21. The summed E-state index contributed by atoms with van der Waals surface area (Å²) in [5.74, 6) is -0.321. The number of fused-ring (bicyclic) bond motifs is 1. The van der Waals surface area contributed by atoms with Crippen LogP contribution >= 0.6 is 11.8 Å². The van der Waals surface area contributed by atoms with E-state index in [4.69, 9.17) is 0 Å². The van der Waals surface area contributed by atoms with Crippen LogP contribution in [0.5, 0.6) is 0 Å². The number of rotatable bonds is 1. The van der Waals surface area contributed by atoms with E-state index >= 15 is 0 Å². The number of thioether (sulfide) groups is 1. The molecule has 0 fully saturated rings. The highest BCUT2D eigenvalue weighted by atomic mass is 32.2. The fraction of sp³-hybridized carbons (Fsp3) is 0.133. The fourth-order valence-electron chi connectivity index (χ4n) is 2.15. The van der Waals surface area contributed by atoms with Crippen LogP contribution in [0.1, 0.15) is 27.6 Å². The maximum absolute atomic E-state index is 13.1. The molecular weight excluding hydrogens is 247 g/mol. The van der Waals surface area contributed by atoms with Gasteiger partial charge in [-0.05, 0) is 23.8 Å². The molecule has 18 heavy (non-hydrogen) atoms. The molecule has 3 rings (SSSR count). The van der Waals surface area contributed by atoms with Gasteiger partial charge in [0.1, 0.15) is 5.82 Å². The van der Waals surface area contributed by atoms with Gasteiger partial charge in [0, 0.05) is 22.1 Å². The molecule has 90 valence electrons. The van der Waals surface area contributed by atoms with Gasteiger partial charge in [-0.1, -0.05) is 30.3 Å². The summed E-state index contributed by atoms with van der Waals surface area (Å²) in [6, 6.07) is 14.4. The lowest BCUT2D eigenvalue weighted by Gasteiger charge is -2.23. The van der Waals surface area contributed by atoms with Gasteiger partial charge in [0.25, 0.3) is 0 Å². The Kier molecular flexibility index (Phi) is 2.92. The van der Waals surface area contributed by atoms with Crippen molar-refractivity contribution in [2.75, 3.05) is 0 Å². The van der Waals surface area contributed by atoms with Crippen LogP contribution in [0.4, 0.5) is 4.39 Å². The number of ketones is 1. The van der Waals surface area contributed by atoms with Crippen molar-refractivity contribution >= 4 is 17.5 Å². The molecule has 0 saturated heterocycles. The Balaban J connectivity index is 1.97. The zero-order valence-corrected chi connectivity index (χ0v) is 10.4. The summed E-state index contributed by atoms with van der Waals surface area (Å²) in [5, 5.41) is 0.136. The first-order valence-corrected chi connectivity index (χ1v) is 6.66. The smallest absolute Gasteiger partial charge is 0.165 e. The van der Waals surface area contributed by atoms with E-state index in [0.717, 1.165) is 10.5 Å². The van der Waals surface area contributed by atoms with E-state index in [1.54, 1.807) is 17.8 Å². The van der Waals surface area contributed by atoms with E-state index in [2.05, 4.69) is 0 Å². The molecule has 1 aliphatic rings. The molecule has 1 aliphatic heterocycles. The molecule has 1 nitrogen and oxygen atoms in total. The Morgan fingerprint density at radius 2 is 1.89 bits per heavy atom. The molecule has 2 aromatic carbocycles. The van der Waals surface area contributed by atoms with Crippen molar-refractivity contribution in [2.24, 2.45) is 0 Å². The maximum Gasteiger partial charge on any atom is 0.165 e. The van der Waals surface area contributed by atoms with Crippen LogP contribution in [0.2, 0.25) is 0 Å². The predicted octanol–water partition coefficient (Wildman–Crippen LogP) is 4.25. The second-order valence-electron chi connectivity index (χ2n) is 4.28. The van der Waals surface area contributed by atoms with Crippen molar-refractivity contribution in [3.05, 3.63) is 65.5 Å². The number of hydrogen-bond donors (Lipinski definition) is 0. The predicted molar refractivity (Wildman–Crippen MR) is 70.4 cm³/mol. The highest BCUT2D eigenvalue weighted by molar-refractivity contribution is 7.99. The van der Waals surface area contributed by atoms with E-state index in [9.17, 15) is 9.18 Å². The third kappa shape index (κ3) is 2.06. The molecule has 1 heterocycles. The third-order valence-corrected chi connectivity index (χ3v) is 4.39. The summed E-state index contributed by atoms with van der Waals surface area (Å²) in [6.07, 6.45) is 0.436. The lowest BCUT2D eigenvalue weighted by Crippen LogP contribution is -2.12. The van der Waals surface area contributed by atoms with E-state index in [-0.39, 0.29) is 16.9 Å². The summed E-state index contributed by atoms with van der Waals surface area (Å²) in [5.41, 5.74) is 1.66. The van der Waals surface area contributed by atoms with Gasteiger partial charge in [-0.3, -0.25) is 4.79 Å². The van der Waals surface area contributed by atoms with Crippen molar-refractivity contribution in [1.82, 2.24) is 0 Å². The summed E-state index contributed by atoms with van der Waals surface area (Å²) in [7, 11) is 0. The molecule has 0 N–H and O–H groups in total. The molecular formula is C15H11FOS. The van der Waals surface area contributed by atoms with Crippen LogP contribution in [0, 0.1) is 5.82 Å². The van der Waals surface area contributed by atoms with Gasteiger partial charge in [-0.25, -0.2) is 4.39 Å². The van der Waals surface area contributed by atoms with Gasteiger partial charge < -0.3 is 0 Å². The number of Topliss-reactive ketones (excluding diaryl/α,β-unsaturated/α-hetero) is 1. The number of carbonyl (C=O) groups is 1. The molecule has 0 aromatic heterocycles. The zero-order valence-electron chi connectivity index (χ0n) is 9.60. The molecule has 3 heteroatoms.